The predicted octanol–water partition coefficient (Wildman–Crippen LogP) is 3.48. The van der Waals surface area contributed by atoms with Gasteiger partial charge in [-0.1, -0.05) is 30.3 Å². The van der Waals surface area contributed by atoms with Crippen LogP contribution in [0.2, 0.25) is 0 Å². The Morgan fingerprint density at radius 1 is 1.04 bits per heavy atom. The smallest absolute Gasteiger partial charge is 0.223 e. The minimum atomic E-state index is 0.214. The molecule has 1 heterocycles. The summed E-state index contributed by atoms with van der Waals surface area (Å²) in [5.74, 6) is 2.06. The highest BCUT2D eigenvalue weighted by atomic mass is 16.5. The van der Waals surface area contributed by atoms with Crippen LogP contribution in [0.1, 0.15) is 24.8 Å². The molecule has 25 heavy (non-hydrogen) atoms. The Morgan fingerprint density at radius 3 is 2.44 bits per heavy atom. The minimum Gasteiger partial charge on any atom is -0.457 e. The quantitative estimate of drug-likeness (QED) is 0.879. The number of carbonyl (C=O) groups is 1. The topological polar surface area (TPSA) is 50.4 Å². The highest BCUT2D eigenvalue weighted by molar-refractivity contribution is 5.82. The lowest BCUT2D eigenvalue weighted by Gasteiger charge is -2.23. The maximum atomic E-state index is 12.4. The van der Waals surface area contributed by atoms with Crippen LogP contribution in [-0.4, -0.2) is 19.0 Å². The van der Waals surface area contributed by atoms with E-state index in [0.29, 0.717) is 12.0 Å². The van der Waals surface area contributed by atoms with Crippen LogP contribution in [-0.2, 0) is 11.3 Å². The van der Waals surface area contributed by atoms with E-state index in [9.17, 15) is 4.79 Å². The average molecular weight is 336 g/mol. The number of hydrogen-bond acceptors (Lipinski definition) is 3. The van der Waals surface area contributed by atoms with E-state index in [-0.39, 0.29) is 11.8 Å². The molecule has 2 aromatic carbocycles. The number of hydrogen-bond donors (Lipinski definition) is 2. The van der Waals surface area contributed by atoms with E-state index in [1.54, 1.807) is 0 Å². The van der Waals surface area contributed by atoms with Crippen LogP contribution < -0.4 is 15.4 Å². The monoisotopic (exact) mass is 336 g/mol. The fourth-order valence-electron chi connectivity index (χ4n) is 3.81. The van der Waals surface area contributed by atoms with Gasteiger partial charge in [0, 0.05) is 12.5 Å². The second-order valence-electron chi connectivity index (χ2n) is 7.15. The molecule has 0 aromatic heterocycles. The number of piperidine rings is 1. The summed E-state index contributed by atoms with van der Waals surface area (Å²) in [5.41, 5.74) is 1.39. The molecule has 2 aliphatic rings. The van der Waals surface area contributed by atoms with Crippen molar-refractivity contribution in [2.24, 2.45) is 11.3 Å². The Bertz CT molecular complexity index is 721. The molecule has 1 unspecified atom stereocenters. The lowest BCUT2D eigenvalue weighted by molar-refractivity contribution is -0.123. The van der Waals surface area contributed by atoms with Crippen molar-refractivity contribution in [1.29, 1.82) is 0 Å². The van der Waals surface area contributed by atoms with E-state index in [1.807, 2.05) is 54.6 Å². The van der Waals surface area contributed by atoms with Crippen molar-refractivity contribution in [1.82, 2.24) is 10.6 Å². The van der Waals surface area contributed by atoms with Crippen molar-refractivity contribution in [3.05, 3.63) is 60.2 Å². The number of carbonyl (C=O) groups excluding carboxylic acids is 1. The first-order chi connectivity index (χ1) is 12.3. The van der Waals surface area contributed by atoms with E-state index in [0.717, 1.165) is 49.4 Å². The third-order valence-electron chi connectivity index (χ3n) is 5.47. The standard InChI is InChI=1S/C21H24N2O2/c24-20(19-14-21(19)10-12-22-13-11-21)23-15-16-6-8-18(9-7-16)25-17-4-2-1-3-5-17/h1-9,19,22H,10-15H2,(H,23,24). The molecular formula is C21H24N2O2. The van der Waals surface area contributed by atoms with Gasteiger partial charge in [0.1, 0.15) is 11.5 Å². The average Bonchev–Trinajstić information content (AvgIpc) is 3.35. The van der Waals surface area contributed by atoms with E-state index in [4.69, 9.17) is 4.74 Å². The summed E-state index contributed by atoms with van der Waals surface area (Å²) in [6.45, 7) is 2.68. The Kier molecular flexibility index (Phi) is 4.45. The Morgan fingerprint density at radius 2 is 1.72 bits per heavy atom. The summed E-state index contributed by atoms with van der Waals surface area (Å²) in [5, 5.41) is 6.48. The maximum absolute atomic E-state index is 12.4. The molecule has 1 amide bonds. The fourth-order valence-corrected chi connectivity index (χ4v) is 3.81. The van der Waals surface area contributed by atoms with Gasteiger partial charge in [-0.2, -0.15) is 0 Å². The summed E-state index contributed by atoms with van der Waals surface area (Å²) in [6.07, 6.45) is 3.33. The molecule has 4 rings (SSSR count). The predicted molar refractivity (Wildman–Crippen MR) is 97.4 cm³/mol. The van der Waals surface area contributed by atoms with Gasteiger partial charge in [-0.15, -0.1) is 0 Å². The van der Waals surface area contributed by atoms with Crippen molar-refractivity contribution in [2.75, 3.05) is 13.1 Å². The summed E-state index contributed by atoms with van der Waals surface area (Å²) < 4.78 is 5.79. The molecule has 2 fully saturated rings. The molecule has 2 N–H and O–H groups in total. The highest BCUT2D eigenvalue weighted by Gasteiger charge is 2.57. The Balaban J connectivity index is 1.28. The zero-order valence-corrected chi connectivity index (χ0v) is 14.3. The molecule has 1 saturated carbocycles. The van der Waals surface area contributed by atoms with E-state index in [2.05, 4.69) is 10.6 Å². The van der Waals surface area contributed by atoms with Crippen LogP contribution in [0.4, 0.5) is 0 Å². The zero-order valence-electron chi connectivity index (χ0n) is 14.3. The molecule has 1 aliphatic heterocycles. The van der Waals surface area contributed by atoms with E-state index in [1.165, 1.54) is 0 Å². The molecule has 130 valence electrons. The van der Waals surface area contributed by atoms with Crippen LogP contribution in [0.3, 0.4) is 0 Å². The van der Waals surface area contributed by atoms with Crippen LogP contribution in [0.25, 0.3) is 0 Å². The Hall–Kier alpha value is -2.33. The van der Waals surface area contributed by atoms with Gasteiger partial charge in [-0.25, -0.2) is 0 Å². The zero-order chi connectivity index (χ0) is 17.1. The molecule has 4 nitrogen and oxygen atoms in total. The first kappa shape index (κ1) is 16.2. The van der Waals surface area contributed by atoms with Gasteiger partial charge in [-0.05, 0) is 67.6 Å². The second-order valence-corrected chi connectivity index (χ2v) is 7.15. The normalized spacial score (nSPS) is 20.9. The second kappa shape index (κ2) is 6.89. The van der Waals surface area contributed by atoms with Crippen LogP contribution >= 0.6 is 0 Å². The lowest BCUT2D eigenvalue weighted by atomic mass is 9.92. The van der Waals surface area contributed by atoms with Crippen LogP contribution in [0.5, 0.6) is 11.5 Å². The van der Waals surface area contributed by atoms with Gasteiger partial charge >= 0.3 is 0 Å². The third kappa shape index (κ3) is 3.69. The number of para-hydroxylation sites is 1. The molecule has 0 bridgehead atoms. The highest BCUT2D eigenvalue weighted by Crippen LogP contribution is 2.58. The lowest BCUT2D eigenvalue weighted by Crippen LogP contribution is -2.33. The molecular weight excluding hydrogens is 312 g/mol. The van der Waals surface area contributed by atoms with Gasteiger partial charge in [-0.3, -0.25) is 4.79 Å². The summed E-state index contributed by atoms with van der Waals surface area (Å²) in [7, 11) is 0. The van der Waals surface area contributed by atoms with Crippen LogP contribution in [0, 0.1) is 11.3 Å². The number of amides is 1. The largest absolute Gasteiger partial charge is 0.457 e. The number of ether oxygens (including phenoxy) is 1. The van der Waals surface area contributed by atoms with Crippen molar-refractivity contribution < 1.29 is 9.53 Å². The molecule has 1 saturated heterocycles. The molecule has 1 spiro atoms. The molecule has 1 atom stereocenters. The fraction of sp³-hybridized carbons (Fsp3) is 0.381. The summed E-state index contributed by atoms with van der Waals surface area (Å²) >= 11 is 0. The van der Waals surface area contributed by atoms with Gasteiger partial charge in [0.15, 0.2) is 0 Å². The van der Waals surface area contributed by atoms with Crippen molar-refractivity contribution in [3.63, 3.8) is 0 Å². The van der Waals surface area contributed by atoms with Gasteiger partial charge in [0.05, 0.1) is 0 Å². The van der Waals surface area contributed by atoms with Gasteiger partial charge in [0.2, 0.25) is 5.91 Å². The first-order valence-electron chi connectivity index (χ1n) is 9.05. The van der Waals surface area contributed by atoms with Crippen molar-refractivity contribution >= 4 is 5.91 Å². The summed E-state index contributed by atoms with van der Waals surface area (Å²) in [6, 6.07) is 17.6. The number of nitrogens with one attached hydrogen (secondary N) is 2. The first-order valence-corrected chi connectivity index (χ1v) is 9.05. The van der Waals surface area contributed by atoms with Crippen molar-refractivity contribution in [2.45, 2.75) is 25.8 Å². The molecule has 1 aliphatic carbocycles. The van der Waals surface area contributed by atoms with Gasteiger partial charge < -0.3 is 15.4 Å². The maximum Gasteiger partial charge on any atom is 0.223 e. The van der Waals surface area contributed by atoms with Gasteiger partial charge in [0.25, 0.3) is 0 Å². The summed E-state index contributed by atoms with van der Waals surface area (Å²) in [4.78, 5) is 12.4. The van der Waals surface area contributed by atoms with Crippen LogP contribution in [0.15, 0.2) is 54.6 Å². The van der Waals surface area contributed by atoms with E-state index >= 15 is 0 Å². The number of rotatable bonds is 5. The minimum absolute atomic E-state index is 0.214. The molecule has 2 aromatic rings. The van der Waals surface area contributed by atoms with E-state index < -0.39 is 0 Å². The molecule has 0 radical (unpaired) electrons. The van der Waals surface area contributed by atoms with Crippen molar-refractivity contribution in [3.8, 4) is 11.5 Å². The number of benzene rings is 2. The Labute approximate surface area is 148 Å². The third-order valence-corrected chi connectivity index (χ3v) is 5.47. The SMILES string of the molecule is O=C(NCc1ccc(Oc2ccccc2)cc1)C1CC12CCNCC2. The molecule has 4 heteroatoms.